The number of carbonyl (C=O) groups excluding carboxylic acids is 1. The summed E-state index contributed by atoms with van der Waals surface area (Å²) in [6.45, 7) is 2.35. The van der Waals surface area contributed by atoms with E-state index < -0.39 is 11.7 Å². The molecule has 6 nitrogen and oxygen atoms in total. The molecule has 3 aromatic rings. The number of halogens is 2. The molecule has 1 amide bonds. The Morgan fingerprint density at radius 1 is 1.15 bits per heavy atom. The van der Waals surface area contributed by atoms with Gasteiger partial charge in [0.15, 0.2) is 11.5 Å². The molecule has 0 saturated heterocycles. The molecule has 1 heterocycles. The first kappa shape index (κ1) is 18.6. The van der Waals surface area contributed by atoms with Gasteiger partial charge < -0.3 is 15.4 Å². The molecule has 0 spiro atoms. The van der Waals surface area contributed by atoms with E-state index in [1.807, 2.05) is 13.0 Å². The summed E-state index contributed by atoms with van der Waals surface area (Å²) in [6.07, 6.45) is 0. The van der Waals surface area contributed by atoms with E-state index in [9.17, 15) is 9.18 Å². The van der Waals surface area contributed by atoms with Crippen molar-refractivity contribution in [3.8, 4) is 5.75 Å². The normalized spacial score (nSPS) is 10.3. The Labute approximate surface area is 160 Å². The summed E-state index contributed by atoms with van der Waals surface area (Å²) in [7, 11) is 0. The van der Waals surface area contributed by atoms with E-state index >= 15 is 0 Å². The van der Waals surface area contributed by atoms with E-state index in [1.54, 1.807) is 24.3 Å². The van der Waals surface area contributed by atoms with E-state index in [2.05, 4.69) is 20.8 Å². The van der Waals surface area contributed by atoms with Crippen molar-refractivity contribution in [2.75, 3.05) is 17.2 Å². The van der Waals surface area contributed by atoms with Crippen LogP contribution in [0.4, 0.5) is 21.6 Å². The Morgan fingerprint density at radius 2 is 1.96 bits per heavy atom. The molecule has 1 aromatic heterocycles. The molecular formula is C19H16ClFN4O2. The van der Waals surface area contributed by atoms with Crippen LogP contribution in [0.3, 0.4) is 0 Å². The SMILES string of the molecule is CCOc1ccccc1NC(=O)c1ccc(Nc2ccc(F)c(Cl)c2)nn1. The van der Waals surface area contributed by atoms with Gasteiger partial charge in [-0.05, 0) is 49.4 Å². The second-order valence-corrected chi connectivity index (χ2v) is 5.85. The van der Waals surface area contributed by atoms with Gasteiger partial charge in [-0.1, -0.05) is 23.7 Å². The number of ether oxygens (including phenoxy) is 1. The molecule has 0 radical (unpaired) electrons. The smallest absolute Gasteiger partial charge is 0.276 e. The lowest BCUT2D eigenvalue weighted by atomic mass is 10.2. The number of hydrogen-bond donors (Lipinski definition) is 2. The van der Waals surface area contributed by atoms with Gasteiger partial charge in [0.25, 0.3) is 5.91 Å². The molecule has 0 saturated carbocycles. The fraction of sp³-hybridized carbons (Fsp3) is 0.105. The predicted molar refractivity (Wildman–Crippen MR) is 102 cm³/mol. The number of rotatable bonds is 6. The van der Waals surface area contributed by atoms with Crippen molar-refractivity contribution in [1.82, 2.24) is 10.2 Å². The Kier molecular flexibility index (Phi) is 5.83. The number of nitrogens with one attached hydrogen (secondary N) is 2. The molecule has 8 heteroatoms. The Morgan fingerprint density at radius 3 is 2.67 bits per heavy atom. The van der Waals surface area contributed by atoms with Crippen LogP contribution in [0.15, 0.2) is 54.6 Å². The quantitative estimate of drug-likeness (QED) is 0.644. The zero-order valence-corrected chi connectivity index (χ0v) is 15.1. The van der Waals surface area contributed by atoms with Crippen molar-refractivity contribution in [1.29, 1.82) is 0 Å². The van der Waals surface area contributed by atoms with E-state index in [1.165, 1.54) is 24.3 Å². The van der Waals surface area contributed by atoms with Crippen LogP contribution in [0.1, 0.15) is 17.4 Å². The first-order valence-electron chi connectivity index (χ1n) is 8.16. The average Bonchev–Trinajstić information content (AvgIpc) is 2.67. The predicted octanol–water partition coefficient (Wildman–Crippen LogP) is 4.66. The topological polar surface area (TPSA) is 76.1 Å². The van der Waals surface area contributed by atoms with Crippen LogP contribution < -0.4 is 15.4 Å². The lowest BCUT2D eigenvalue weighted by Crippen LogP contribution is -2.15. The molecule has 0 bridgehead atoms. The highest BCUT2D eigenvalue weighted by molar-refractivity contribution is 6.31. The third kappa shape index (κ3) is 4.71. The number of amides is 1. The minimum absolute atomic E-state index is 0.00285. The molecule has 0 aliphatic rings. The molecular weight excluding hydrogens is 371 g/mol. The van der Waals surface area contributed by atoms with Gasteiger partial charge in [0, 0.05) is 5.69 Å². The van der Waals surface area contributed by atoms with E-state index in [-0.39, 0.29) is 10.7 Å². The summed E-state index contributed by atoms with van der Waals surface area (Å²) in [5, 5.41) is 13.6. The van der Waals surface area contributed by atoms with Crippen molar-refractivity contribution in [2.24, 2.45) is 0 Å². The first-order valence-corrected chi connectivity index (χ1v) is 8.53. The number of benzene rings is 2. The minimum atomic E-state index is -0.507. The maximum atomic E-state index is 13.2. The molecule has 138 valence electrons. The lowest BCUT2D eigenvalue weighted by molar-refractivity contribution is 0.102. The first-order chi connectivity index (χ1) is 13.1. The third-order valence-corrected chi connectivity index (χ3v) is 3.81. The number of anilines is 3. The summed E-state index contributed by atoms with van der Waals surface area (Å²) in [4.78, 5) is 12.4. The van der Waals surface area contributed by atoms with Crippen molar-refractivity contribution in [3.05, 3.63) is 71.1 Å². The molecule has 0 aliphatic heterocycles. The second kappa shape index (κ2) is 8.46. The molecule has 2 N–H and O–H groups in total. The molecule has 3 rings (SSSR count). The summed E-state index contributed by atoms with van der Waals surface area (Å²) in [5.74, 6) is 0.0513. The fourth-order valence-electron chi connectivity index (χ4n) is 2.28. The van der Waals surface area contributed by atoms with Crippen LogP contribution in [0.25, 0.3) is 0 Å². The van der Waals surface area contributed by atoms with Crippen molar-refractivity contribution >= 4 is 34.7 Å². The van der Waals surface area contributed by atoms with E-state index in [0.29, 0.717) is 29.5 Å². The standard InChI is InChI=1S/C19H16ClFN4O2/c1-2-27-17-6-4-3-5-15(17)23-19(26)16-9-10-18(25-24-16)22-12-7-8-14(21)13(20)11-12/h3-11H,2H2,1H3,(H,22,25)(H,23,26). The molecule has 27 heavy (non-hydrogen) atoms. The Hall–Kier alpha value is -3.19. The van der Waals surface area contributed by atoms with Crippen molar-refractivity contribution < 1.29 is 13.9 Å². The maximum Gasteiger partial charge on any atom is 0.276 e. The average molecular weight is 387 g/mol. The lowest BCUT2D eigenvalue weighted by Gasteiger charge is -2.11. The van der Waals surface area contributed by atoms with Gasteiger partial charge in [-0.3, -0.25) is 4.79 Å². The highest BCUT2D eigenvalue weighted by Gasteiger charge is 2.12. The van der Waals surface area contributed by atoms with Gasteiger partial charge >= 0.3 is 0 Å². The van der Waals surface area contributed by atoms with Gasteiger partial charge in [-0.15, -0.1) is 10.2 Å². The maximum absolute atomic E-state index is 13.2. The minimum Gasteiger partial charge on any atom is -0.492 e. The van der Waals surface area contributed by atoms with Gasteiger partial charge in [0.05, 0.1) is 17.3 Å². The van der Waals surface area contributed by atoms with Crippen molar-refractivity contribution in [2.45, 2.75) is 6.92 Å². The summed E-state index contributed by atoms with van der Waals surface area (Å²) < 4.78 is 18.7. The van der Waals surface area contributed by atoms with E-state index in [4.69, 9.17) is 16.3 Å². The Bertz CT molecular complexity index is 951. The summed E-state index contributed by atoms with van der Waals surface area (Å²) in [5.41, 5.74) is 1.25. The summed E-state index contributed by atoms with van der Waals surface area (Å²) >= 11 is 5.74. The molecule has 0 unspecified atom stereocenters. The number of hydrogen-bond acceptors (Lipinski definition) is 5. The monoisotopic (exact) mass is 386 g/mol. The third-order valence-electron chi connectivity index (χ3n) is 3.52. The summed E-state index contributed by atoms with van der Waals surface area (Å²) in [6, 6.07) is 14.4. The molecule has 0 fully saturated rings. The van der Waals surface area contributed by atoms with Crippen LogP contribution >= 0.6 is 11.6 Å². The van der Waals surface area contributed by atoms with Gasteiger partial charge in [-0.25, -0.2) is 4.39 Å². The van der Waals surface area contributed by atoms with Gasteiger partial charge in [0.2, 0.25) is 0 Å². The zero-order chi connectivity index (χ0) is 19.2. The number of carbonyl (C=O) groups is 1. The van der Waals surface area contributed by atoms with Crippen LogP contribution in [-0.2, 0) is 0 Å². The second-order valence-electron chi connectivity index (χ2n) is 5.44. The fourth-order valence-corrected chi connectivity index (χ4v) is 2.46. The van der Waals surface area contributed by atoms with Crippen LogP contribution in [0.5, 0.6) is 5.75 Å². The van der Waals surface area contributed by atoms with Crippen molar-refractivity contribution in [3.63, 3.8) is 0 Å². The van der Waals surface area contributed by atoms with E-state index in [0.717, 1.165) is 0 Å². The highest BCUT2D eigenvalue weighted by atomic mass is 35.5. The van der Waals surface area contributed by atoms with Crippen LogP contribution in [0.2, 0.25) is 5.02 Å². The number of nitrogens with zero attached hydrogens (tertiary/aromatic N) is 2. The van der Waals surface area contributed by atoms with Gasteiger partial charge in [-0.2, -0.15) is 0 Å². The van der Waals surface area contributed by atoms with Crippen LogP contribution in [0, 0.1) is 5.82 Å². The largest absolute Gasteiger partial charge is 0.492 e. The van der Waals surface area contributed by atoms with Gasteiger partial charge in [0.1, 0.15) is 11.6 Å². The molecule has 0 aliphatic carbocycles. The Balaban J connectivity index is 1.69. The highest BCUT2D eigenvalue weighted by Crippen LogP contribution is 2.24. The molecule has 2 aromatic carbocycles. The number of para-hydroxylation sites is 2. The van der Waals surface area contributed by atoms with Crippen LogP contribution in [-0.4, -0.2) is 22.7 Å². The molecule has 0 atom stereocenters. The zero-order valence-electron chi connectivity index (χ0n) is 14.4. The number of aromatic nitrogens is 2.